The van der Waals surface area contributed by atoms with Gasteiger partial charge in [0, 0.05) is 50.3 Å². The van der Waals surface area contributed by atoms with Crippen LogP contribution < -0.4 is 4.90 Å². The molecule has 33 heavy (non-hydrogen) atoms. The number of nitrogens with zero attached hydrogens (tertiary/aromatic N) is 4. The third-order valence-electron chi connectivity index (χ3n) is 6.14. The van der Waals surface area contributed by atoms with Gasteiger partial charge in [0.25, 0.3) is 5.91 Å². The SMILES string of the molecule is CCc1nc(CC(C)C)nc(N2CCN(C(=O)c3cccs3)CC2)c1Cc1ccc(C)cc1. The molecule has 2 aromatic heterocycles. The van der Waals surface area contributed by atoms with Gasteiger partial charge in [0.2, 0.25) is 0 Å². The van der Waals surface area contributed by atoms with Gasteiger partial charge in [-0.05, 0) is 36.3 Å². The van der Waals surface area contributed by atoms with Gasteiger partial charge < -0.3 is 9.80 Å². The first kappa shape index (κ1) is 23.4. The molecule has 0 aliphatic carbocycles. The van der Waals surface area contributed by atoms with E-state index in [-0.39, 0.29) is 5.91 Å². The Morgan fingerprint density at radius 3 is 2.39 bits per heavy atom. The molecule has 0 bridgehead atoms. The normalized spacial score (nSPS) is 14.2. The Morgan fingerprint density at radius 2 is 1.79 bits per heavy atom. The molecule has 0 spiro atoms. The number of hydrogen-bond donors (Lipinski definition) is 0. The number of carbonyl (C=O) groups excluding carboxylic acids is 1. The van der Waals surface area contributed by atoms with Crippen LogP contribution in [0.25, 0.3) is 0 Å². The van der Waals surface area contributed by atoms with E-state index in [1.807, 2.05) is 22.4 Å². The zero-order valence-corrected chi connectivity index (χ0v) is 21.0. The lowest BCUT2D eigenvalue weighted by molar-refractivity contribution is 0.0751. The largest absolute Gasteiger partial charge is 0.353 e. The molecule has 5 nitrogen and oxygen atoms in total. The zero-order chi connectivity index (χ0) is 23.4. The van der Waals surface area contributed by atoms with Crippen molar-refractivity contribution in [2.24, 2.45) is 5.92 Å². The van der Waals surface area contributed by atoms with Crippen LogP contribution in [-0.4, -0.2) is 47.0 Å². The van der Waals surface area contributed by atoms with E-state index in [4.69, 9.17) is 9.97 Å². The van der Waals surface area contributed by atoms with Crippen molar-refractivity contribution in [3.05, 3.63) is 74.9 Å². The molecular weight excluding hydrogens is 428 g/mol. The Labute approximate surface area is 201 Å². The number of benzene rings is 1. The van der Waals surface area contributed by atoms with Crippen molar-refractivity contribution < 1.29 is 4.79 Å². The maximum Gasteiger partial charge on any atom is 0.264 e. The zero-order valence-electron chi connectivity index (χ0n) is 20.2. The molecule has 1 aromatic carbocycles. The fraction of sp³-hybridized carbons (Fsp3) is 0.444. The number of carbonyl (C=O) groups is 1. The van der Waals surface area contributed by atoms with Crippen LogP contribution >= 0.6 is 11.3 Å². The van der Waals surface area contributed by atoms with Gasteiger partial charge in [-0.2, -0.15) is 0 Å². The maximum absolute atomic E-state index is 12.8. The molecule has 0 atom stereocenters. The Bertz CT molecular complexity index is 1070. The number of aromatic nitrogens is 2. The molecule has 6 heteroatoms. The molecule has 1 saturated heterocycles. The van der Waals surface area contributed by atoms with Crippen LogP contribution in [0.2, 0.25) is 0 Å². The minimum atomic E-state index is 0.141. The number of piperazine rings is 1. The summed E-state index contributed by atoms with van der Waals surface area (Å²) in [4.78, 5) is 28.0. The van der Waals surface area contributed by atoms with Crippen molar-refractivity contribution in [1.29, 1.82) is 0 Å². The van der Waals surface area contributed by atoms with E-state index in [9.17, 15) is 4.79 Å². The first-order valence-electron chi connectivity index (χ1n) is 12.0. The highest BCUT2D eigenvalue weighted by Gasteiger charge is 2.26. The van der Waals surface area contributed by atoms with Crippen LogP contribution in [0.3, 0.4) is 0 Å². The minimum Gasteiger partial charge on any atom is -0.353 e. The molecule has 1 amide bonds. The van der Waals surface area contributed by atoms with Gasteiger partial charge in [-0.15, -0.1) is 11.3 Å². The lowest BCUT2D eigenvalue weighted by Gasteiger charge is -2.36. The summed E-state index contributed by atoms with van der Waals surface area (Å²) in [5.74, 6) is 2.63. The second kappa shape index (κ2) is 10.5. The summed E-state index contributed by atoms with van der Waals surface area (Å²) in [6, 6.07) is 12.6. The second-order valence-corrected chi connectivity index (χ2v) is 10.2. The standard InChI is InChI=1S/C27H34N4OS/c1-5-23-22(18-21-10-8-20(4)9-11-21)26(29-25(28-23)17-19(2)3)30-12-14-31(15-13-30)27(32)24-7-6-16-33-24/h6-11,16,19H,5,12-15,17-18H2,1-4H3. The van der Waals surface area contributed by atoms with E-state index >= 15 is 0 Å². The lowest BCUT2D eigenvalue weighted by Crippen LogP contribution is -2.49. The molecule has 3 aromatic rings. The number of rotatable bonds is 7. The van der Waals surface area contributed by atoms with Crippen LogP contribution in [0.4, 0.5) is 5.82 Å². The molecule has 0 unspecified atom stereocenters. The van der Waals surface area contributed by atoms with E-state index in [2.05, 4.69) is 56.9 Å². The van der Waals surface area contributed by atoms with Crippen molar-refractivity contribution in [2.75, 3.05) is 31.1 Å². The molecule has 0 saturated carbocycles. The van der Waals surface area contributed by atoms with Gasteiger partial charge in [0.05, 0.1) is 4.88 Å². The highest BCUT2D eigenvalue weighted by Crippen LogP contribution is 2.27. The predicted octanol–water partition coefficient (Wildman–Crippen LogP) is 5.16. The Kier molecular flexibility index (Phi) is 7.43. The fourth-order valence-corrected chi connectivity index (χ4v) is 5.04. The van der Waals surface area contributed by atoms with E-state index in [0.29, 0.717) is 19.0 Å². The fourth-order valence-electron chi connectivity index (χ4n) is 4.35. The molecule has 1 aliphatic heterocycles. The van der Waals surface area contributed by atoms with Crippen LogP contribution in [0.5, 0.6) is 0 Å². The second-order valence-electron chi connectivity index (χ2n) is 9.26. The Morgan fingerprint density at radius 1 is 1.06 bits per heavy atom. The van der Waals surface area contributed by atoms with Crippen molar-refractivity contribution in [1.82, 2.24) is 14.9 Å². The topological polar surface area (TPSA) is 49.3 Å². The molecule has 1 fully saturated rings. The van der Waals surface area contributed by atoms with Gasteiger partial charge in [-0.1, -0.05) is 56.7 Å². The van der Waals surface area contributed by atoms with Gasteiger partial charge in [0.15, 0.2) is 0 Å². The molecule has 1 aliphatic rings. The number of aryl methyl sites for hydroxylation is 2. The van der Waals surface area contributed by atoms with Gasteiger partial charge >= 0.3 is 0 Å². The maximum atomic E-state index is 12.8. The quantitative estimate of drug-likeness (QED) is 0.487. The summed E-state index contributed by atoms with van der Waals surface area (Å²) in [5, 5.41) is 1.96. The van der Waals surface area contributed by atoms with Gasteiger partial charge in [-0.3, -0.25) is 4.79 Å². The third-order valence-corrected chi connectivity index (χ3v) is 7.00. The average Bonchev–Trinajstić information content (AvgIpc) is 3.35. The van der Waals surface area contributed by atoms with Crippen molar-refractivity contribution in [3.63, 3.8) is 0 Å². The predicted molar refractivity (Wildman–Crippen MR) is 136 cm³/mol. The minimum absolute atomic E-state index is 0.141. The average molecular weight is 463 g/mol. The van der Waals surface area contributed by atoms with E-state index in [0.717, 1.165) is 54.6 Å². The highest BCUT2D eigenvalue weighted by molar-refractivity contribution is 7.12. The summed E-state index contributed by atoms with van der Waals surface area (Å²) in [5.41, 5.74) is 4.92. The first-order valence-corrected chi connectivity index (χ1v) is 12.8. The molecule has 4 rings (SSSR count). The molecule has 0 radical (unpaired) electrons. The number of anilines is 1. The van der Waals surface area contributed by atoms with Gasteiger partial charge in [-0.25, -0.2) is 9.97 Å². The van der Waals surface area contributed by atoms with Crippen LogP contribution in [0.15, 0.2) is 41.8 Å². The monoisotopic (exact) mass is 462 g/mol. The number of hydrogen-bond acceptors (Lipinski definition) is 5. The molecule has 0 N–H and O–H groups in total. The van der Waals surface area contributed by atoms with Crippen molar-refractivity contribution in [2.45, 2.75) is 47.0 Å². The van der Waals surface area contributed by atoms with Crippen molar-refractivity contribution in [3.8, 4) is 0 Å². The summed E-state index contributed by atoms with van der Waals surface area (Å²) < 4.78 is 0. The first-order chi connectivity index (χ1) is 15.9. The molecule has 3 heterocycles. The summed E-state index contributed by atoms with van der Waals surface area (Å²) in [6.45, 7) is 11.7. The smallest absolute Gasteiger partial charge is 0.264 e. The van der Waals surface area contributed by atoms with Crippen LogP contribution in [0, 0.1) is 12.8 Å². The summed E-state index contributed by atoms with van der Waals surface area (Å²) in [6.07, 6.45) is 2.59. The summed E-state index contributed by atoms with van der Waals surface area (Å²) in [7, 11) is 0. The molecule has 174 valence electrons. The van der Waals surface area contributed by atoms with E-state index in [1.165, 1.54) is 28.0 Å². The Hall–Kier alpha value is -2.73. The highest BCUT2D eigenvalue weighted by atomic mass is 32.1. The number of amides is 1. The number of thiophene rings is 1. The van der Waals surface area contributed by atoms with Crippen LogP contribution in [0.1, 0.15) is 58.7 Å². The van der Waals surface area contributed by atoms with Crippen LogP contribution in [-0.2, 0) is 19.3 Å². The molecular formula is C27H34N4OS. The van der Waals surface area contributed by atoms with E-state index in [1.54, 1.807) is 0 Å². The summed E-state index contributed by atoms with van der Waals surface area (Å²) >= 11 is 1.51. The third kappa shape index (κ3) is 5.61. The van der Waals surface area contributed by atoms with Gasteiger partial charge in [0.1, 0.15) is 11.6 Å². The Balaban J connectivity index is 1.62. The van der Waals surface area contributed by atoms with Crippen molar-refractivity contribution >= 4 is 23.1 Å². The van der Waals surface area contributed by atoms with E-state index < -0.39 is 0 Å². The lowest BCUT2D eigenvalue weighted by atomic mass is 10.00.